The largest absolute Gasteiger partial charge is 0.313 e. The summed E-state index contributed by atoms with van der Waals surface area (Å²) in [6, 6.07) is 1.42. The molecule has 108 valence electrons. The zero-order chi connectivity index (χ0) is 13.4. The van der Waals surface area contributed by atoms with Crippen molar-refractivity contribution in [1.29, 1.82) is 0 Å². The Labute approximate surface area is 118 Å². The van der Waals surface area contributed by atoms with E-state index in [-0.39, 0.29) is 0 Å². The monoisotopic (exact) mass is 272 g/mol. The Kier molecular flexibility index (Phi) is 8.36. The Balaban J connectivity index is 2.09. The van der Waals surface area contributed by atoms with Crippen molar-refractivity contribution < 1.29 is 0 Å². The van der Waals surface area contributed by atoms with Gasteiger partial charge in [0.2, 0.25) is 0 Å². The first-order chi connectivity index (χ1) is 8.65. The summed E-state index contributed by atoms with van der Waals surface area (Å²) in [6.07, 6.45) is 5.41. The molecule has 0 amide bonds. The maximum atomic E-state index is 3.68. The van der Waals surface area contributed by atoms with Gasteiger partial charge < -0.3 is 5.32 Å². The lowest BCUT2D eigenvalue weighted by molar-refractivity contribution is 0.211. The van der Waals surface area contributed by atoms with Gasteiger partial charge >= 0.3 is 0 Å². The quantitative estimate of drug-likeness (QED) is 0.682. The zero-order valence-electron chi connectivity index (χ0n) is 12.7. The standard InChI is InChI=1S/C15H32N2S/c1-5-6-7-8-13(2)16-9-10-17-11-12-18-15(4)14(17)3/h13-16H,5-12H2,1-4H3. The fourth-order valence-corrected chi connectivity index (χ4v) is 3.73. The normalized spacial score (nSPS) is 27.3. The van der Waals surface area contributed by atoms with Crippen LogP contribution in [0, 0.1) is 0 Å². The first-order valence-corrected chi connectivity index (χ1v) is 8.79. The molecule has 1 aliphatic heterocycles. The summed E-state index contributed by atoms with van der Waals surface area (Å²) in [5.41, 5.74) is 0. The number of nitrogens with zero attached hydrogens (tertiary/aromatic N) is 1. The van der Waals surface area contributed by atoms with Crippen LogP contribution in [0.3, 0.4) is 0 Å². The summed E-state index contributed by atoms with van der Waals surface area (Å²) >= 11 is 2.12. The van der Waals surface area contributed by atoms with Crippen molar-refractivity contribution in [2.24, 2.45) is 0 Å². The van der Waals surface area contributed by atoms with E-state index in [9.17, 15) is 0 Å². The molecule has 18 heavy (non-hydrogen) atoms. The smallest absolute Gasteiger partial charge is 0.0184 e. The van der Waals surface area contributed by atoms with E-state index in [0.29, 0.717) is 6.04 Å². The van der Waals surface area contributed by atoms with Crippen LogP contribution >= 0.6 is 11.8 Å². The van der Waals surface area contributed by atoms with Gasteiger partial charge in [-0.15, -0.1) is 0 Å². The van der Waals surface area contributed by atoms with Crippen molar-refractivity contribution in [1.82, 2.24) is 10.2 Å². The SMILES string of the molecule is CCCCCC(C)NCCN1CCSC(C)C1C. The summed E-state index contributed by atoms with van der Waals surface area (Å²) in [5.74, 6) is 1.30. The topological polar surface area (TPSA) is 15.3 Å². The molecular formula is C15H32N2S. The highest BCUT2D eigenvalue weighted by Gasteiger charge is 2.24. The van der Waals surface area contributed by atoms with Crippen LogP contribution in [-0.2, 0) is 0 Å². The molecule has 1 aliphatic rings. The second kappa shape index (κ2) is 9.22. The molecule has 0 bridgehead atoms. The minimum Gasteiger partial charge on any atom is -0.313 e. The lowest BCUT2D eigenvalue weighted by Crippen LogP contribution is -2.47. The van der Waals surface area contributed by atoms with Crippen LogP contribution in [0.4, 0.5) is 0 Å². The van der Waals surface area contributed by atoms with Gasteiger partial charge in [-0.2, -0.15) is 11.8 Å². The second-order valence-corrected chi connectivity index (χ2v) is 7.19. The molecule has 0 saturated carbocycles. The van der Waals surface area contributed by atoms with Gasteiger partial charge in [0.15, 0.2) is 0 Å². The van der Waals surface area contributed by atoms with Gasteiger partial charge in [-0.25, -0.2) is 0 Å². The highest BCUT2D eigenvalue weighted by Crippen LogP contribution is 2.23. The Morgan fingerprint density at radius 2 is 2.11 bits per heavy atom. The minimum atomic E-state index is 0.684. The van der Waals surface area contributed by atoms with Crippen LogP contribution in [0.2, 0.25) is 0 Å². The van der Waals surface area contributed by atoms with Gasteiger partial charge in [-0.05, 0) is 20.3 Å². The van der Waals surface area contributed by atoms with Crippen LogP contribution in [0.1, 0.15) is 53.4 Å². The number of hydrogen-bond donors (Lipinski definition) is 1. The molecule has 2 nitrogen and oxygen atoms in total. The van der Waals surface area contributed by atoms with E-state index in [4.69, 9.17) is 0 Å². The van der Waals surface area contributed by atoms with Gasteiger partial charge in [0.25, 0.3) is 0 Å². The summed E-state index contributed by atoms with van der Waals surface area (Å²) in [6.45, 7) is 13.0. The van der Waals surface area contributed by atoms with Crippen molar-refractivity contribution >= 4 is 11.8 Å². The van der Waals surface area contributed by atoms with Crippen LogP contribution in [0.15, 0.2) is 0 Å². The molecule has 0 aliphatic carbocycles. The average Bonchev–Trinajstić information content (AvgIpc) is 2.35. The van der Waals surface area contributed by atoms with E-state index < -0.39 is 0 Å². The van der Waals surface area contributed by atoms with E-state index in [0.717, 1.165) is 17.8 Å². The maximum absolute atomic E-state index is 3.68. The third kappa shape index (κ3) is 5.94. The number of thioether (sulfide) groups is 1. The highest BCUT2D eigenvalue weighted by atomic mass is 32.2. The molecule has 0 aromatic heterocycles. The summed E-state index contributed by atoms with van der Waals surface area (Å²) in [5, 5.41) is 4.47. The Hall–Kier alpha value is 0.270. The lowest BCUT2D eigenvalue weighted by Gasteiger charge is -2.37. The number of rotatable bonds is 8. The Morgan fingerprint density at radius 1 is 1.33 bits per heavy atom. The lowest BCUT2D eigenvalue weighted by atomic mass is 10.1. The maximum Gasteiger partial charge on any atom is 0.0184 e. The molecule has 0 aromatic carbocycles. The van der Waals surface area contributed by atoms with Gasteiger partial charge in [0, 0.05) is 42.7 Å². The van der Waals surface area contributed by atoms with E-state index in [1.165, 1.54) is 44.5 Å². The summed E-state index contributed by atoms with van der Waals surface area (Å²) < 4.78 is 0. The Bertz CT molecular complexity index is 211. The molecule has 1 saturated heterocycles. The molecular weight excluding hydrogens is 240 g/mol. The molecule has 0 spiro atoms. The van der Waals surface area contributed by atoms with Gasteiger partial charge in [-0.3, -0.25) is 4.90 Å². The summed E-state index contributed by atoms with van der Waals surface area (Å²) in [4.78, 5) is 2.65. The molecule has 1 rings (SSSR count). The van der Waals surface area contributed by atoms with Gasteiger partial charge in [-0.1, -0.05) is 33.1 Å². The first kappa shape index (κ1) is 16.3. The van der Waals surface area contributed by atoms with Crippen molar-refractivity contribution in [2.45, 2.75) is 70.7 Å². The molecule has 1 N–H and O–H groups in total. The average molecular weight is 273 g/mol. The zero-order valence-corrected chi connectivity index (χ0v) is 13.6. The fourth-order valence-electron chi connectivity index (χ4n) is 2.57. The van der Waals surface area contributed by atoms with Crippen molar-refractivity contribution in [3.63, 3.8) is 0 Å². The molecule has 3 atom stereocenters. The second-order valence-electron chi connectivity index (χ2n) is 5.70. The minimum absolute atomic E-state index is 0.684. The van der Waals surface area contributed by atoms with Crippen molar-refractivity contribution in [3.8, 4) is 0 Å². The molecule has 0 radical (unpaired) electrons. The number of nitrogens with one attached hydrogen (secondary N) is 1. The molecule has 1 heterocycles. The fraction of sp³-hybridized carbons (Fsp3) is 1.00. The van der Waals surface area contributed by atoms with Gasteiger partial charge in [0.1, 0.15) is 0 Å². The summed E-state index contributed by atoms with van der Waals surface area (Å²) in [7, 11) is 0. The first-order valence-electron chi connectivity index (χ1n) is 7.74. The third-order valence-electron chi connectivity index (χ3n) is 4.15. The van der Waals surface area contributed by atoms with Crippen LogP contribution < -0.4 is 5.32 Å². The van der Waals surface area contributed by atoms with Crippen LogP contribution in [0.5, 0.6) is 0 Å². The van der Waals surface area contributed by atoms with Crippen molar-refractivity contribution in [2.75, 3.05) is 25.4 Å². The van der Waals surface area contributed by atoms with E-state index >= 15 is 0 Å². The predicted molar refractivity (Wildman–Crippen MR) is 84.6 cm³/mol. The third-order valence-corrected chi connectivity index (χ3v) is 5.49. The predicted octanol–water partition coefficient (Wildman–Crippen LogP) is 3.37. The van der Waals surface area contributed by atoms with Gasteiger partial charge in [0.05, 0.1) is 0 Å². The highest BCUT2D eigenvalue weighted by molar-refractivity contribution is 8.00. The van der Waals surface area contributed by atoms with Crippen LogP contribution in [-0.4, -0.2) is 47.6 Å². The van der Waals surface area contributed by atoms with E-state index in [2.05, 4.69) is 49.7 Å². The van der Waals surface area contributed by atoms with E-state index in [1.807, 2.05) is 0 Å². The van der Waals surface area contributed by atoms with E-state index in [1.54, 1.807) is 0 Å². The van der Waals surface area contributed by atoms with Crippen molar-refractivity contribution in [3.05, 3.63) is 0 Å². The molecule has 3 heteroatoms. The molecule has 3 unspecified atom stereocenters. The molecule has 0 aromatic rings. The number of hydrogen-bond acceptors (Lipinski definition) is 3. The Morgan fingerprint density at radius 3 is 2.83 bits per heavy atom. The molecule has 1 fully saturated rings. The number of unbranched alkanes of at least 4 members (excludes halogenated alkanes) is 2. The van der Waals surface area contributed by atoms with Crippen LogP contribution in [0.25, 0.3) is 0 Å².